The van der Waals surface area contributed by atoms with Crippen LogP contribution in [0.1, 0.15) is 25.8 Å². The van der Waals surface area contributed by atoms with E-state index in [-0.39, 0.29) is 17.4 Å². The van der Waals surface area contributed by atoms with Gasteiger partial charge in [0.05, 0.1) is 11.5 Å². The van der Waals surface area contributed by atoms with Crippen molar-refractivity contribution in [2.75, 3.05) is 6.54 Å². The summed E-state index contributed by atoms with van der Waals surface area (Å²) in [7, 11) is 0. The van der Waals surface area contributed by atoms with Crippen molar-refractivity contribution < 1.29 is 9.59 Å². The van der Waals surface area contributed by atoms with E-state index in [1.807, 2.05) is 42.2 Å². The lowest BCUT2D eigenvalue weighted by molar-refractivity contribution is -0.169. The Labute approximate surface area is 113 Å². The number of carbonyl (C=O) groups excluding carboxylic acids is 2. The average Bonchev–Trinajstić information content (AvgIpc) is 2.45. The molecule has 1 aromatic rings. The summed E-state index contributed by atoms with van der Waals surface area (Å²) in [6.07, 6.45) is 1.49. The molecule has 0 radical (unpaired) electrons. The molecule has 2 amide bonds. The lowest BCUT2D eigenvalue weighted by Crippen LogP contribution is -2.68. The van der Waals surface area contributed by atoms with Crippen LogP contribution >= 0.6 is 0 Å². The number of β-lactam (4-membered cyclic amide) rings is 1. The Morgan fingerprint density at radius 1 is 1.37 bits per heavy atom. The summed E-state index contributed by atoms with van der Waals surface area (Å²) in [5.74, 6) is 0.210. The van der Waals surface area contributed by atoms with Gasteiger partial charge in [0.25, 0.3) is 0 Å². The van der Waals surface area contributed by atoms with E-state index in [2.05, 4.69) is 12.2 Å². The predicted octanol–water partition coefficient (Wildman–Crippen LogP) is 1.56. The third-order valence-electron chi connectivity index (χ3n) is 4.23. The Morgan fingerprint density at radius 2 is 2.05 bits per heavy atom. The van der Waals surface area contributed by atoms with E-state index in [0.717, 1.165) is 12.0 Å². The minimum absolute atomic E-state index is 0.0182. The van der Waals surface area contributed by atoms with Crippen LogP contribution in [0.25, 0.3) is 0 Å². The Kier molecular flexibility index (Phi) is 3.88. The van der Waals surface area contributed by atoms with Gasteiger partial charge in [-0.05, 0) is 18.9 Å². The fourth-order valence-electron chi connectivity index (χ4n) is 2.68. The third kappa shape index (κ3) is 2.48. The summed E-state index contributed by atoms with van der Waals surface area (Å²) in [5.41, 5.74) is 0.973. The maximum absolute atomic E-state index is 12.1. The van der Waals surface area contributed by atoms with Gasteiger partial charge in [0.1, 0.15) is 0 Å². The molecular formula is C15H20N2O2. The smallest absolute Gasteiger partial charge is 0.228 e. The Morgan fingerprint density at radius 3 is 2.68 bits per heavy atom. The highest BCUT2D eigenvalue weighted by atomic mass is 16.2. The van der Waals surface area contributed by atoms with Gasteiger partial charge in [-0.2, -0.15) is 0 Å². The van der Waals surface area contributed by atoms with Gasteiger partial charge >= 0.3 is 0 Å². The Hall–Kier alpha value is -1.84. The Balaban J connectivity index is 2.05. The monoisotopic (exact) mass is 260 g/mol. The van der Waals surface area contributed by atoms with Crippen molar-refractivity contribution in [2.45, 2.75) is 32.4 Å². The molecular weight excluding hydrogens is 240 g/mol. The van der Waals surface area contributed by atoms with Crippen molar-refractivity contribution in [2.24, 2.45) is 5.92 Å². The first-order valence-corrected chi connectivity index (χ1v) is 6.62. The number of nitrogens with zero attached hydrogens (tertiary/aromatic N) is 1. The second-order valence-electron chi connectivity index (χ2n) is 5.31. The van der Waals surface area contributed by atoms with Crippen LogP contribution in [-0.2, 0) is 16.1 Å². The first-order valence-electron chi connectivity index (χ1n) is 6.62. The van der Waals surface area contributed by atoms with E-state index < -0.39 is 0 Å². The molecule has 1 aliphatic heterocycles. The van der Waals surface area contributed by atoms with Gasteiger partial charge in [-0.25, -0.2) is 0 Å². The van der Waals surface area contributed by atoms with Gasteiger partial charge in [-0.15, -0.1) is 0 Å². The molecule has 4 nitrogen and oxygen atoms in total. The molecule has 1 N–H and O–H groups in total. The second-order valence-corrected chi connectivity index (χ2v) is 5.31. The van der Waals surface area contributed by atoms with E-state index in [9.17, 15) is 9.59 Å². The van der Waals surface area contributed by atoms with E-state index in [1.165, 1.54) is 0 Å². The van der Waals surface area contributed by atoms with E-state index in [4.69, 9.17) is 0 Å². The lowest BCUT2D eigenvalue weighted by atomic mass is 9.73. The zero-order chi connectivity index (χ0) is 13.9. The normalized spacial score (nSPS) is 25.9. The van der Waals surface area contributed by atoms with Gasteiger partial charge in [0.15, 0.2) is 0 Å². The molecule has 4 heteroatoms. The molecule has 1 fully saturated rings. The van der Waals surface area contributed by atoms with Gasteiger partial charge in [0.2, 0.25) is 12.3 Å². The molecule has 19 heavy (non-hydrogen) atoms. The van der Waals surface area contributed by atoms with Crippen molar-refractivity contribution in [1.82, 2.24) is 10.2 Å². The van der Waals surface area contributed by atoms with Gasteiger partial charge in [-0.1, -0.05) is 37.3 Å². The van der Waals surface area contributed by atoms with Crippen LogP contribution < -0.4 is 5.32 Å². The van der Waals surface area contributed by atoms with Crippen molar-refractivity contribution in [3.05, 3.63) is 35.9 Å². The zero-order valence-corrected chi connectivity index (χ0v) is 11.4. The predicted molar refractivity (Wildman–Crippen MR) is 73.2 cm³/mol. The number of rotatable bonds is 6. The van der Waals surface area contributed by atoms with E-state index >= 15 is 0 Å². The van der Waals surface area contributed by atoms with Crippen molar-refractivity contribution in [3.8, 4) is 0 Å². The molecule has 1 heterocycles. The summed E-state index contributed by atoms with van der Waals surface area (Å²) in [6, 6.07) is 9.99. The van der Waals surface area contributed by atoms with Crippen LogP contribution in [0.3, 0.4) is 0 Å². The van der Waals surface area contributed by atoms with Crippen LogP contribution in [0, 0.1) is 5.92 Å². The quantitative estimate of drug-likeness (QED) is 0.479. The molecule has 102 valence electrons. The maximum Gasteiger partial charge on any atom is 0.228 e. The van der Waals surface area contributed by atoms with E-state index in [1.54, 1.807) is 0 Å². The molecule has 0 unspecified atom stereocenters. The third-order valence-corrected chi connectivity index (χ3v) is 4.23. The average molecular weight is 260 g/mol. The first kappa shape index (κ1) is 13.6. The molecule has 2 rings (SSSR count). The van der Waals surface area contributed by atoms with Crippen molar-refractivity contribution >= 4 is 12.3 Å². The van der Waals surface area contributed by atoms with Crippen LogP contribution in [0.2, 0.25) is 0 Å². The first-order chi connectivity index (χ1) is 9.09. The molecule has 0 spiro atoms. The highest BCUT2D eigenvalue weighted by Gasteiger charge is 2.53. The van der Waals surface area contributed by atoms with E-state index in [0.29, 0.717) is 19.5 Å². The number of likely N-dealkylation sites (tertiary alicyclic amines) is 1. The number of hydrogen-bond donors (Lipinski definition) is 1. The molecule has 0 saturated carbocycles. The topological polar surface area (TPSA) is 49.4 Å². The second kappa shape index (κ2) is 5.43. The molecule has 0 bridgehead atoms. The summed E-state index contributed by atoms with van der Waals surface area (Å²) in [5, 5.41) is 2.67. The number of amides is 2. The zero-order valence-electron chi connectivity index (χ0n) is 11.4. The molecule has 1 saturated heterocycles. The minimum Gasteiger partial charge on any atom is -0.359 e. The summed E-state index contributed by atoms with van der Waals surface area (Å²) in [6.45, 7) is 5.30. The molecule has 0 aromatic heterocycles. The largest absolute Gasteiger partial charge is 0.359 e. The van der Waals surface area contributed by atoms with Crippen LogP contribution in [-0.4, -0.2) is 29.3 Å². The highest BCUT2D eigenvalue weighted by Crippen LogP contribution is 2.41. The summed E-state index contributed by atoms with van der Waals surface area (Å²) < 4.78 is 0. The number of hydrogen-bond acceptors (Lipinski definition) is 2. The number of nitrogens with one attached hydrogen (secondary N) is 1. The van der Waals surface area contributed by atoms with Crippen LogP contribution in [0.5, 0.6) is 0 Å². The summed E-state index contributed by atoms with van der Waals surface area (Å²) >= 11 is 0. The maximum atomic E-state index is 12.1. The van der Waals surface area contributed by atoms with Gasteiger partial charge in [0, 0.05) is 13.1 Å². The highest BCUT2D eigenvalue weighted by molar-refractivity contribution is 5.87. The summed E-state index contributed by atoms with van der Waals surface area (Å²) in [4.78, 5) is 24.3. The standard InChI is InChI=1S/C15H20N2O2/c1-12-14(19)17(10-13-6-4-3-5-7-13)15(12,2)8-9-16-11-18/h3-7,11-12H,8-10H2,1-2H3,(H,16,18)/t12-,15+/m0/s1. The van der Waals surface area contributed by atoms with Crippen LogP contribution in [0.4, 0.5) is 0 Å². The molecule has 0 aliphatic carbocycles. The fourth-order valence-corrected chi connectivity index (χ4v) is 2.68. The lowest BCUT2D eigenvalue weighted by Gasteiger charge is -2.55. The van der Waals surface area contributed by atoms with Crippen molar-refractivity contribution in [3.63, 3.8) is 0 Å². The number of carbonyl (C=O) groups is 2. The fraction of sp³-hybridized carbons (Fsp3) is 0.467. The molecule has 1 aromatic carbocycles. The number of benzene rings is 1. The van der Waals surface area contributed by atoms with Crippen molar-refractivity contribution in [1.29, 1.82) is 0 Å². The minimum atomic E-state index is -0.164. The molecule has 2 atom stereocenters. The SMILES string of the molecule is C[C@H]1C(=O)N(Cc2ccccc2)[C@]1(C)CCNC=O. The van der Waals surface area contributed by atoms with Gasteiger partial charge in [-0.3, -0.25) is 9.59 Å². The Bertz CT molecular complexity index is 460. The van der Waals surface area contributed by atoms with Gasteiger partial charge < -0.3 is 10.2 Å². The molecule has 1 aliphatic rings. The van der Waals surface area contributed by atoms with Crippen LogP contribution in [0.15, 0.2) is 30.3 Å².